The average Bonchev–Trinajstić information content (AvgIpc) is 2.84. The molecular weight excluding hydrogens is 367 g/mol. The van der Waals surface area contributed by atoms with Crippen LogP contribution in [0.25, 0.3) is 11.1 Å². The molecule has 1 heteroatoms. The van der Waals surface area contributed by atoms with Gasteiger partial charge in [0.1, 0.15) is 5.82 Å². The Bertz CT molecular complexity index is 919. The summed E-state index contributed by atoms with van der Waals surface area (Å²) < 4.78 is 49.2. The third kappa shape index (κ3) is 6.96. The summed E-state index contributed by atoms with van der Waals surface area (Å²) in [5.41, 5.74) is 1.61. The molecule has 0 saturated heterocycles. The Labute approximate surface area is 189 Å². The largest absolute Gasteiger partial charge is 0.206 e. The minimum absolute atomic E-state index is 0.0517. The van der Waals surface area contributed by atoms with Gasteiger partial charge in [0.25, 0.3) is 0 Å². The van der Waals surface area contributed by atoms with Gasteiger partial charge in [-0.2, -0.15) is 0 Å². The first kappa shape index (κ1) is 18.0. The van der Waals surface area contributed by atoms with Crippen LogP contribution < -0.4 is 0 Å². The maximum Gasteiger partial charge on any atom is 0.131 e. The van der Waals surface area contributed by atoms with E-state index in [2.05, 4.69) is 13.8 Å². The second kappa shape index (κ2) is 12.3. The molecule has 1 aliphatic rings. The first-order valence-corrected chi connectivity index (χ1v) is 12.2. The maximum atomic E-state index is 15.4. The summed E-state index contributed by atoms with van der Waals surface area (Å²) in [6.45, 7) is 4.36. The lowest BCUT2D eigenvalue weighted by molar-refractivity contribution is 0.249. The van der Waals surface area contributed by atoms with Crippen LogP contribution in [0.5, 0.6) is 0 Å². The molecule has 0 bridgehead atoms. The van der Waals surface area contributed by atoms with E-state index in [9.17, 15) is 0 Å². The van der Waals surface area contributed by atoms with Crippen LogP contribution >= 0.6 is 0 Å². The lowest BCUT2D eigenvalue weighted by atomic mass is 9.78. The van der Waals surface area contributed by atoms with Crippen LogP contribution in [0.15, 0.2) is 42.4 Å². The van der Waals surface area contributed by atoms with E-state index in [0.29, 0.717) is 23.5 Å². The van der Waals surface area contributed by atoms with Crippen molar-refractivity contribution in [1.29, 1.82) is 0 Å². The zero-order chi connectivity index (χ0) is 24.7. The van der Waals surface area contributed by atoms with E-state index in [1.54, 1.807) is 12.1 Å². The van der Waals surface area contributed by atoms with Gasteiger partial charge in [-0.1, -0.05) is 108 Å². The molecule has 164 valence electrons. The molecule has 0 aromatic heterocycles. The predicted molar refractivity (Wildman–Crippen MR) is 128 cm³/mol. The first-order valence-electron chi connectivity index (χ1n) is 14.2. The minimum Gasteiger partial charge on any atom is -0.206 e. The molecule has 0 N–H and O–H groups in total. The lowest BCUT2D eigenvalue weighted by Gasteiger charge is -2.28. The molecule has 2 aromatic carbocycles. The minimum atomic E-state index is -0.759. The third-order valence-electron chi connectivity index (χ3n) is 6.77. The van der Waals surface area contributed by atoms with Gasteiger partial charge < -0.3 is 0 Å². The van der Waals surface area contributed by atoms with Crippen molar-refractivity contribution in [2.75, 3.05) is 0 Å². The van der Waals surface area contributed by atoms with Crippen LogP contribution in [0.1, 0.15) is 101 Å². The Morgan fingerprint density at radius 3 is 2.23 bits per heavy atom. The molecule has 0 radical (unpaired) electrons. The molecule has 0 atom stereocenters. The summed E-state index contributed by atoms with van der Waals surface area (Å²) in [7, 11) is 0. The van der Waals surface area contributed by atoms with Crippen LogP contribution in [-0.4, -0.2) is 0 Å². The fraction of sp³-hybridized carbons (Fsp3) is 0.586. The molecule has 1 fully saturated rings. The standard InChI is InChI=1S/C29H41F/c1-3-5-7-9-24-10-12-25(13-11-24)14-15-26-18-21-28(29(30)22-26)27-19-16-23(17-20-27)8-6-4-2/h16-22,24-25H,3-15H2,1-2H3/i18D,19D,21D,22D. The van der Waals surface area contributed by atoms with E-state index in [4.69, 9.17) is 5.48 Å². The van der Waals surface area contributed by atoms with Gasteiger partial charge in [0.15, 0.2) is 0 Å². The van der Waals surface area contributed by atoms with E-state index in [1.165, 1.54) is 51.4 Å². The van der Waals surface area contributed by atoms with E-state index in [0.717, 1.165) is 37.2 Å². The highest BCUT2D eigenvalue weighted by Crippen LogP contribution is 2.34. The van der Waals surface area contributed by atoms with Gasteiger partial charge in [0.05, 0.1) is 5.48 Å². The molecule has 2 aromatic rings. The van der Waals surface area contributed by atoms with E-state index < -0.39 is 5.82 Å². The van der Waals surface area contributed by atoms with Crippen LogP contribution in [0.2, 0.25) is 0 Å². The summed E-state index contributed by atoms with van der Waals surface area (Å²) in [5, 5.41) is 0. The Balaban J connectivity index is 1.71. The van der Waals surface area contributed by atoms with Crippen molar-refractivity contribution in [2.45, 2.75) is 97.3 Å². The van der Waals surface area contributed by atoms with E-state index >= 15 is 4.39 Å². The summed E-state index contributed by atoms with van der Waals surface area (Å²) in [6, 6.07) is 4.93. The zero-order valence-corrected chi connectivity index (χ0v) is 19.0. The van der Waals surface area contributed by atoms with E-state index in [1.807, 2.05) is 6.07 Å². The number of halogens is 1. The molecule has 0 unspecified atom stereocenters. The molecule has 0 heterocycles. The first-order chi connectivity index (χ1) is 16.4. The fourth-order valence-corrected chi connectivity index (χ4v) is 4.72. The van der Waals surface area contributed by atoms with Gasteiger partial charge in [-0.15, -0.1) is 0 Å². The third-order valence-corrected chi connectivity index (χ3v) is 6.77. The monoisotopic (exact) mass is 412 g/mol. The second-order valence-electron chi connectivity index (χ2n) is 9.18. The fourth-order valence-electron chi connectivity index (χ4n) is 4.72. The quantitative estimate of drug-likeness (QED) is 0.323. The number of hydrogen-bond donors (Lipinski definition) is 0. The number of aryl methyl sites for hydroxylation is 1. The number of rotatable bonds is 11. The number of unbranched alkanes of at least 4 members (excludes halogenated alkanes) is 3. The molecule has 1 aliphatic carbocycles. The highest BCUT2D eigenvalue weighted by atomic mass is 19.1. The van der Waals surface area contributed by atoms with Crippen LogP contribution in [0.4, 0.5) is 4.39 Å². The van der Waals surface area contributed by atoms with Crippen LogP contribution in [-0.2, 0) is 12.8 Å². The van der Waals surface area contributed by atoms with Crippen molar-refractivity contribution in [3.05, 3.63) is 59.3 Å². The molecule has 30 heavy (non-hydrogen) atoms. The van der Waals surface area contributed by atoms with Gasteiger partial charge >= 0.3 is 0 Å². The highest BCUT2D eigenvalue weighted by molar-refractivity contribution is 5.64. The SMILES string of the molecule is [2H]c1cc(CCCC)ccc1-c1c([2H])c([2H])c(CCC2CCC(CCCCC)CC2)c([2H])c1F. The Kier molecular flexibility index (Phi) is 7.36. The molecule has 0 amide bonds. The Morgan fingerprint density at radius 1 is 0.800 bits per heavy atom. The maximum absolute atomic E-state index is 15.4. The average molecular weight is 413 g/mol. The zero-order valence-electron chi connectivity index (χ0n) is 23.0. The van der Waals surface area contributed by atoms with Gasteiger partial charge in [-0.3, -0.25) is 0 Å². The van der Waals surface area contributed by atoms with Gasteiger partial charge in [0, 0.05) is 5.56 Å². The Morgan fingerprint density at radius 2 is 1.53 bits per heavy atom. The normalized spacial score (nSPS) is 21.0. The molecule has 0 spiro atoms. The predicted octanol–water partition coefficient (Wildman–Crippen LogP) is 9.15. The van der Waals surface area contributed by atoms with Crippen molar-refractivity contribution in [2.24, 2.45) is 11.8 Å². The Hall–Kier alpha value is -1.63. The molecular formula is C29H41F. The molecule has 0 nitrogen and oxygen atoms in total. The van der Waals surface area contributed by atoms with Gasteiger partial charge in [-0.05, 0) is 60.3 Å². The lowest BCUT2D eigenvalue weighted by Crippen LogP contribution is -2.15. The van der Waals surface area contributed by atoms with Gasteiger partial charge in [-0.25, -0.2) is 4.39 Å². The van der Waals surface area contributed by atoms with Crippen molar-refractivity contribution in [3.8, 4) is 11.1 Å². The summed E-state index contributed by atoms with van der Waals surface area (Å²) in [6.07, 6.45) is 14.4. The van der Waals surface area contributed by atoms with Crippen molar-refractivity contribution >= 4 is 0 Å². The van der Waals surface area contributed by atoms with Crippen molar-refractivity contribution < 1.29 is 9.87 Å². The summed E-state index contributed by atoms with van der Waals surface area (Å²) >= 11 is 0. The second-order valence-corrected chi connectivity index (χ2v) is 9.18. The van der Waals surface area contributed by atoms with E-state index in [-0.39, 0.29) is 29.7 Å². The number of hydrogen-bond acceptors (Lipinski definition) is 0. The molecule has 1 saturated carbocycles. The smallest absolute Gasteiger partial charge is 0.131 e. The number of benzene rings is 2. The van der Waals surface area contributed by atoms with Gasteiger partial charge in [0.2, 0.25) is 0 Å². The topological polar surface area (TPSA) is 0 Å². The van der Waals surface area contributed by atoms with Crippen molar-refractivity contribution in [1.82, 2.24) is 0 Å². The summed E-state index contributed by atoms with van der Waals surface area (Å²) in [4.78, 5) is 0. The van der Waals surface area contributed by atoms with Crippen molar-refractivity contribution in [3.63, 3.8) is 0 Å². The van der Waals surface area contributed by atoms with Crippen LogP contribution in [0.3, 0.4) is 0 Å². The summed E-state index contributed by atoms with van der Waals surface area (Å²) in [5.74, 6) is 0.643. The molecule has 3 rings (SSSR count). The van der Waals surface area contributed by atoms with Crippen LogP contribution in [0, 0.1) is 17.7 Å². The highest BCUT2D eigenvalue weighted by Gasteiger charge is 2.20. The molecule has 0 aliphatic heterocycles.